The standard InChI is InChI=1S/C21H29N5O2/c22-18(27)7-8-20(28)25-12-9-16(10-13-25)26-19(14-15-4-1-2-5-15)24-17-6-3-11-23-21(17)26/h3,6,11,15-16H,1-2,4-5,7-10,12-14H2,(H2,22,27). The molecule has 2 aromatic rings. The molecule has 4 rings (SSSR count). The second kappa shape index (κ2) is 8.29. The number of nitrogens with two attached hydrogens (primary N) is 1. The van der Waals surface area contributed by atoms with Gasteiger partial charge in [0, 0.05) is 44.6 Å². The summed E-state index contributed by atoms with van der Waals surface area (Å²) in [6.07, 6.45) is 10.2. The number of fused-ring (bicyclic) bond motifs is 1. The molecule has 0 spiro atoms. The van der Waals surface area contributed by atoms with Gasteiger partial charge in [0.25, 0.3) is 0 Å². The van der Waals surface area contributed by atoms with Gasteiger partial charge in [0.15, 0.2) is 5.65 Å². The fourth-order valence-electron chi connectivity index (χ4n) is 4.74. The highest BCUT2D eigenvalue weighted by atomic mass is 16.2. The molecule has 150 valence electrons. The van der Waals surface area contributed by atoms with Gasteiger partial charge in [-0.3, -0.25) is 9.59 Å². The largest absolute Gasteiger partial charge is 0.370 e. The predicted molar refractivity (Wildman–Crippen MR) is 106 cm³/mol. The fraction of sp³-hybridized carbons (Fsp3) is 0.619. The lowest BCUT2D eigenvalue weighted by molar-refractivity contribution is -0.134. The summed E-state index contributed by atoms with van der Waals surface area (Å²) < 4.78 is 2.35. The molecule has 2 fully saturated rings. The number of piperidine rings is 1. The number of aromatic nitrogens is 3. The number of nitrogens with zero attached hydrogens (tertiary/aromatic N) is 4. The minimum absolute atomic E-state index is 0.0250. The smallest absolute Gasteiger partial charge is 0.223 e. The van der Waals surface area contributed by atoms with Crippen LogP contribution in [0, 0.1) is 5.92 Å². The Hall–Kier alpha value is -2.44. The van der Waals surface area contributed by atoms with Crippen LogP contribution in [-0.2, 0) is 16.0 Å². The number of hydrogen-bond acceptors (Lipinski definition) is 4. The van der Waals surface area contributed by atoms with E-state index in [-0.39, 0.29) is 18.7 Å². The summed E-state index contributed by atoms with van der Waals surface area (Å²) in [6.45, 7) is 1.41. The number of likely N-dealkylation sites (tertiary alicyclic amines) is 1. The van der Waals surface area contributed by atoms with Gasteiger partial charge in [-0.1, -0.05) is 25.7 Å². The van der Waals surface area contributed by atoms with E-state index in [1.165, 1.54) is 25.7 Å². The molecule has 28 heavy (non-hydrogen) atoms. The molecule has 1 saturated heterocycles. The van der Waals surface area contributed by atoms with Gasteiger partial charge in [-0.05, 0) is 30.9 Å². The van der Waals surface area contributed by atoms with Crippen molar-refractivity contribution in [3.8, 4) is 0 Å². The Labute approximate surface area is 165 Å². The Morgan fingerprint density at radius 1 is 1.11 bits per heavy atom. The van der Waals surface area contributed by atoms with Crippen LogP contribution < -0.4 is 5.73 Å². The van der Waals surface area contributed by atoms with Crippen molar-refractivity contribution in [1.82, 2.24) is 19.4 Å². The summed E-state index contributed by atoms with van der Waals surface area (Å²) in [6, 6.07) is 4.30. The van der Waals surface area contributed by atoms with Gasteiger partial charge in [-0.15, -0.1) is 0 Å². The molecule has 2 aliphatic rings. The Morgan fingerprint density at radius 2 is 1.86 bits per heavy atom. The highest BCUT2D eigenvalue weighted by Crippen LogP contribution is 2.32. The number of amides is 2. The number of rotatable bonds is 6. The van der Waals surface area contributed by atoms with Crippen molar-refractivity contribution in [2.75, 3.05) is 13.1 Å². The third-order valence-corrected chi connectivity index (χ3v) is 6.24. The zero-order valence-corrected chi connectivity index (χ0v) is 16.3. The highest BCUT2D eigenvalue weighted by molar-refractivity contribution is 5.83. The second-order valence-electron chi connectivity index (χ2n) is 8.18. The van der Waals surface area contributed by atoms with Crippen LogP contribution in [0.15, 0.2) is 18.3 Å². The fourth-order valence-corrected chi connectivity index (χ4v) is 4.74. The maximum atomic E-state index is 12.3. The van der Waals surface area contributed by atoms with Gasteiger partial charge in [-0.25, -0.2) is 9.97 Å². The zero-order chi connectivity index (χ0) is 19.5. The van der Waals surface area contributed by atoms with Crippen LogP contribution >= 0.6 is 0 Å². The molecule has 3 heterocycles. The van der Waals surface area contributed by atoms with Gasteiger partial charge in [0.1, 0.15) is 11.3 Å². The van der Waals surface area contributed by atoms with Crippen LogP contribution in [0.3, 0.4) is 0 Å². The molecule has 7 nitrogen and oxygen atoms in total. The van der Waals surface area contributed by atoms with Crippen LogP contribution in [0.25, 0.3) is 11.2 Å². The van der Waals surface area contributed by atoms with E-state index in [1.54, 1.807) is 0 Å². The van der Waals surface area contributed by atoms with Crippen molar-refractivity contribution in [1.29, 1.82) is 0 Å². The molecule has 1 saturated carbocycles. The summed E-state index contributed by atoms with van der Waals surface area (Å²) >= 11 is 0. The topological polar surface area (TPSA) is 94.1 Å². The summed E-state index contributed by atoms with van der Waals surface area (Å²) in [5, 5.41) is 0. The molecule has 1 aliphatic heterocycles. The molecular formula is C21H29N5O2. The quantitative estimate of drug-likeness (QED) is 0.829. The summed E-state index contributed by atoms with van der Waals surface area (Å²) in [5.74, 6) is 1.48. The first-order valence-corrected chi connectivity index (χ1v) is 10.5. The van der Waals surface area contributed by atoms with Gasteiger partial charge in [0.05, 0.1) is 0 Å². The van der Waals surface area contributed by atoms with E-state index in [0.717, 1.165) is 42.2 Å². The van der Waals surface area contributed by atoms with Gasteiger partial charge in [-0.2, -0.15) is 0 Å². The Bertz CT molecular complexity index is 848. The van der Waals surface area contributed by atoms with Crippen molar-refractivity contribution in [2.45, 2.75) is 63.8 Å². The van der Waals surface area contributed by atoms with Gasteiger partial charge >= 0.3 is 0 Å². The molecule has 2 N–H and O–H groups in total. The summed E-state index contributed by atoms with van der Waals surface area (Å²) in [4.78, 5) is 34.6. The molecule has 2 aromatic heterocycles. The van der Waals surface area contributed by atoms with Crippen molar-refractivity contribution in [3.63, 3.8) is 0 Å². The molecule has 0 unspecified atom stereocenters. The number of carbonyl (C=O) groups excluding carboxylic acids is 2. The van der Waals surface area contributed by atoms with Crippen molar-refractivity contribution >= 4 is 23.0 Å². The summed E-state index contributed by atoms with van der Waals surface area (Å²) in [5.41, 5.74) is 7.10. The first-order valence-electron chi connectivity index (χ1n) is 10.5. The average Bonchev–Trinajstić information content (AvgIpc) is 3.33. The molecule has 7 heteroatoms. The van der Waals surface area contributed by atoms with E-state index in [0.29, 0.717) is 19.1 Å². The number of pyridine rings is 1. The third-order valence-electron chi connectivity index (χ3n) is 6.24. The maximum absolute atomic E-state index is 12.3. The van der Waals surface area contributed by atoms with Crippen molar-refractivity contribution < 1.29 is 9.59 Å². The molecule has 2 amide bonds. The molecule has 0 aromatic carbocycles. The van der Waals surface area contributed by atoms with Gasteiger partial charge in [0.2, 0.25) is 11.8 Å². The first kappa shape index (κ1) is 18.9. The van der Waals surface area contributed by atoms with Crippen LogP contribution in [0.1, 0.15) is 63.2 Å². The third kappa shape index (κ3) is 4.03. The lowest BCUT2D eigenvalue weighted by atomic mass is 10.0. The summed E-state index contributed by atoms with van der Waals surface area (Å²) in [7, 11) is 0. The van der Waals surface area contributed by atoms with E-state index >= 15 is 0 Å². The number of hydrogen-bond donors (Lipinski definition) is 1. The molecule has 0 bridgehead atoms. The minimum atomic E-state index is -0.421. The predicted octanol–water partition coefficient (Wildman–Crippen LogP) is 2.59. The molecule has 1 aliphatic carbocycles. The van der Waals surface area contributed by atoms with Gasteiger partial charge < -0.3 is 15.2 Å². The molecular weight excluding hydrogens is 354 g/mol. The van der Waals surface area contributed by atoms with Crippen molar-refractivity contribution in [2.24, 2.45) is 11.7 Å². The lowest BCUT2D eigenvalue weighted by Gasteiger charge is -2.33. The van der Waals surface area contributed by atoms with Crippen LogP contribution in [0.4, 0.5) is 0 Å². The van der Waals surface area contributed by atoms with E-state index in [4.69, 9.17) is 10.7 Å². The monoisotopic (exact) mass is 383 g/mol. The normalized spacial score (nSPS) is 18.8. The lowest BCUT2D eigenvalue weighted by Crippen LogP contribution is -2.39. The molecule has 0 radical (unpaired) electrons. The number of carbonyl (C=O) groups is 2. The Kier molecular flexibility index (Phi) is 5.59. The minimum Gasteiger partial charge on any atom is -0.370 e. The van der Waals surface area contributed by atoms with Crippen LogP contribution in [-0.4, -0.2) is 44.3 Å². The first-order chi connectivity index (χ1) is 13.6. The Balaban J connectivity index is 1.49. The SMILES string of the molecule is NC(=O)CCC(=O)N1CCC(n2c(CC3CCCC3)nc3cccnc32)CC1. The average molecular weight is 383 g/mol. The molecule has 0 atom stereocenters. The second-order valence-corrected chi connectivity index (χ2v) is 8.18. The number of imidazole rings is 1. The zero-order valence-electron chi connectivity index (χ0n) is 16.3. The van der Waals surface area contributed by atoms with Crippen LogP contribution in [0.2, 0.25) is 0 Å². The van der Waals surface area contributed by atoms with Crippen molar-refractivity contribution in [3.05, 3.63) is 24.2 Å². The number of primary amides is 1. The maximum Gasteiger partial charge on any atom is 0.223 e. The van der Waals surface area contributed by atoms with E-state index in [1.807, 2.05) is 23.2 Å². The van der Waals surface area contributed by atoms with E-state index in [2.05, 4.69) is 9.55 Å². The highest BCUT2D eigenvalue weighted by Gasteiger charge is 2.28. The van der Waals surface area contributed by atoms with Crippen LogP contribution in [0.5, 0.6) is 0 Å². The van der Waals surface area contributed by atoms with E-state index < -0.39 is 5.91 Å². The Morgan fingerprint density at radius 3 is 2.57 bits per heavy atom. The van der Waals surface area contributed by atoms with E-state index in [9.17, 15) is 9.59 Å².